The van der Waals surface area contributed by atoms with Crippen molar-refractivity contribution in [2.24, 2.45) is 0 Å². The molecule has 0 bridgehead atoms. The summed E-state index contributed by atoms with van der Waals surface area (Å²) >= 11 is 0. The zero-order chi connectivity index (χ0) is 36.8. The molecule has 272 valence electrons. The molecule has 1 heteroatoms. The van der Waals surface area contributed by atoms with Gasteiger partial charge >= 0.3 is 0 Å². The summed E-state index contributed by atoms with van der Waals surface area (Å²) in [7, 11) is 0. The Kier molecular flexibility index (Phi) is 10.4. The van der Waals surface area contributed by atoms with Crippen LogP contribution >= 0.6 is 0 Å². The molecule has 55 heavy (non-hydrogen) atoms. The van der Waals surface area contributed by atoms with E-state index in [2.05, 4.69) is 169 Å². The molecular formula is C54H51N. The van der Waals surface area contributed by atoms with Gasteiger partial charge in [-0.05, 0) is 180 Å². The number of rotatable bonds is 9. The van der Waals surface area contributed by atoms with Crippen LogP contribution < -0.4 is 4.90 Å². The number of aryl methyl sites for hydroxylation is 6. The predicted molar refractivity (Wildman–Crippen MR) is 237 cm³/mol. The lowest BCUT2D eigenvalue weighted by atomic mass is 9.90. The van der Waals surface area contributed by atoms with Crippen LogP contribution in [0.25, 0.3) is 36.5 Å². The van der Waals surface area contributed by atoms with Gasteiger partial charge in [-0.3, -0.25) is 0 Å². The Morgan fingerprint density at radius 2 is 0.491 bits per heavy atom. The minimum atomic E-state index is 1.14. The quantitative estimate of drug-likeness (QED) is 0.135. The van der Waals surface area contributed by atoms with Crippen LogP contribution in [-0.2, 0) is 38.5 Å². The second-order valence-electron chi connectivity index (χ2n) is 15.8. The van der Waals surface area contributed by atoms with Crippen molar-refractivity contribution in [1.82, 2.24) is 0 Å². The van der Waals surface area contributed by atoms with Crippen molar-refractivity contribution in [3.05, 3.63) is 194 Å². The minimum absolute atomic E-state index is 1.14. The Morgan fingerprint density at radius 1 is 0.255 bits per heavy atom. The highest BCUT2D eigenvalue weighted by molar-refractivity contribution is 5.81. The van der Waals surface area contributed by atoms with Crippen LogP contribution in [0.4, 0.5) is 17.1 Å². The van der Waals surface area contributed by atoms with E-state index < -0.39 is 0 Å². The summed E-state index contributed by atoms with van der Waals surface area (Å²) in [6, 6.07) is 47.9. The maximum Gasteiger partial charge on any atom is 0.0462 e. The van der Waals surface area contributed by atoms with E-state index in [1.807, 2.05) is 0 Å². The van der Waals surface area contributed by atoms with E-state index in [1.165, 1.54) is 144 Å². The van der Waals surface area contributed by atoms with Gasteiger partial charge in [0.2, 0.25) is 0 Å². The van der Waals surface area contributed by atoms with Crippen molar-refractivity contribution in [3.8, 4) is 0 Å². The maximum atomic E-state index is 2.39. The molecule has 0 saturated heterocycles. The lowest BCUT2D eigenvalue weighted by molar-refractivity contribution is 0.685. The van der Waals surface area contributed by atoms with Crippen LogP contribution in [-0.4, -0.2) is 0 Å². The number of nitrogens with zero attached hydrogens (tertiary/aromatic N) is 1. The Bertz CT molecular complexity index is 2080. The molecule has 3 aliphatic rings. The van der Waals surface area contributed by atoms with Gasteiger partial charge in [-0.15, -0.1) is 0 Å². The Labute approximate surface area is 328 Å². The molecule has 3 aliphatic carbocycles. The normalized spacial score (nSPS) is 15.3. The first-order valence-electron chi connectivity index (χ1n) is 20.7. The first kappa shape index (κ1) is 35.1. The molecule has 0 aromatic heterocycles. The third-order valence-electron chi connectivity index (χ3n) is 12.0. The monoisotopic (exact) mass is 713 g/mol. The summed E-state index contributed by atoms with van der Waals surface area (Å²) in [5, 5.41) is 0. The second-order valence-corrected chi connectivity index (χ2v) is 15.8. The summed E-state index contributed by atoms with van der Waals surface area (Å²) < 4.78 is 0. The van der Waals surface area contributed by atoms with Crippen molar-refractivity contribution in [2.45, 2.75) is 77.0 Å². The van der Waals surface area contributed by atoms with E-state index in [0.29, 0.717) is 0 Å². The largest absolute Gasteiger partial charge is 0.311 e. The molecule has 0 amide bonds. The van der Waals surface area contributed by atoms with Gasteiger partial charge in [0, 0.05) is 17.1 Å². The zero-order valence-electron chi connectivity index (χ0n) is 32.0. The van der Waals surface area contributed by atoms with E-state index in [9.17, 15) is 0 Å². The van der Waals surface area contributed by atoms with Crippen LogP contribution in [0.2, 0.25) is 0 Å². The molecule has 9 rings (SSSR count). The fraction of sp³-hybridized carbons (Fsp3) is 0.222. The summed E-state index contributed by atoms with van der Waals surface area (Å²) in [5.41, 5.74) is 20.1. The highest BCUT2D eigenvalue weighted by Crippen LogP contribution is 2.36. The topological polar surface area (TPSA) is 3.24 Å². The maximum absolute atomic E-state index is 2.39. The fourth-order valence-electron chi connectivity index (χ4n) is 8.80. The van der Waals surface area contributed by atoms with E-state index in [4.69, 9.17) is 0 Å². The molecule has 0 heterocycles. The molecule has 0 N–H and O–H groups in total. The molecule has 0 atom stereocenters. The smallest absolute Gasteiger partial charge is 0.0462 e. The first-order chi connectivity index (χ1) is 27.2. The Morgan fingerprint density at radius 3 is 0.782 bits per heavy atom. The van der Waals surface area contributed by atoms with Gasteiger partial charge < -0.3 is 4.90 Å². The number of hydrogen-bond acceptors (Lipinski definition) is 1. The summed E-state index contributed by atoms with van der Waals surface area (Å²) in [5.74, 6) is 0. The van der Waals surface area contributed by atoms with Gasteiger partial charge in [-0.2, -0.15) is 0 Å². The van der Waals surface area contributed by atoms with Gasteiger partial charge in [-0.1, -0.05) is 127 Å². The molecule has 0 fully saturated rings. The molecule has 0 aliphatic heterocycles. The molecule has 1 nitrogen and oxygen atoms in total. The van der Waals surface area contributed by atoms with Crippen molar-refractivity contribution in [1.29, 1.82) is 0 Å². The second kappa shape index (κ2) is 16.4. The van der Waals surface area contributed by atoms with Gasteiger partial charge in [0.1, 0.15) is 0 Å². The number of hydrogen-bond donors (Lipinski definition) is 0. The van der Waals surface area contributed by atoms with E-state index in [0.717, 1.165) is 17.1 Å². The highest BCUT2D eigenvalue weighted by Gasteiger charge is 2.14. The highest BCUT2D eigenvalue weighted by atomic mass is 15.1. The Balaban J connectivity index is 0.965. The Hall–Kier alpha value is -5.66. The van der Waals surface area contributed by atoms with Crippen LogP contribution in [0.15, 0.2) is 127 Å². The molecule has 6 aromatic rings. The fourth-order valence-corrected chi connectivity index (χ4v) is 8.80. The predicted octanol–water partition coefficient (Wildman–Crippen LogP) is 14.3. The molecule has 0 saturated carbocycles. The van der Waals surface area contributed by atoms with Crippen molar-refractivity contribution >= 4 is 53.5 Å². The summed E-state index contributed by atoms with van der Waals surface area (Å²) in [6.45, 7) is 0. The number of anilines is 3. The van der Waals surface area contributed by atoms with Crippen LogP contribution in [0.3, 0.4) is 0 Å². The van der Waals surface area contributed by atoms with Crippen molar-refractivity contribution in [2.75, 3.05) is 4.90 Å². The number of benzene rings is 6. The van der Waals surface area contributed by atoms with Crippen LogP contribution in [0.5, 0.6) is 0 Å². The summed E-state index contributed by atoms with van der Waals surface area (Å²) in [6.07, 6.45) is 28.7. The average molecular weight is 714 g/mol. The minimum Gasteiger partial charge on any atom is -0.311 e. The van der Waals surface area contributed by atoms with Gasteiger partial charge in [0.05, 0.1) is 0 Å². The van der Waals surface area contributed by atoms with Gasteiger partial charge in [0.25, 0.3) is 0 Å². The van der Waals surface area contributed by atoms with Crippen molar-refractivity contribution in [3.63, 3.8) is 0 Å². The van der Waals surface area contributed by atoms with Crippen molar-refractivity contribution < 1.29 is 0 Å². The third-order valence-corrected chi connectivity index (χ3v) is 12.0. The summed E-state index contributed by atoms with van der Waals surface area (Å²) in [4.78, 5) is 2.37. The molecular weight excluding hydrogens is 663 g/mol. The molecule has 6 aromatic carbocycles. The number of fused-ring (bicyclic) bond motifs is 3. The standard InChI is InChI=1S/C54H51N/c1-4-10-49-37-43(19-28-46(49)7-1)16-13-40-22-31-52(32-23-40)55(53-33-24-41(25-34-53)14-17-44-20-29-47-8-2-5-11-50(47)38-44)54-35-26-42(27-36-54)15-18-45-21-30-48-9-3-6-12-51(48)39-45/h13-39H,1-12H2. The first-order valence-corrected chi connectivity index (χ1v) is 20.7. The van der Waals surface area contributed by atoms with Crippen LogP contribution in [0.1, 0.15) is 105 Å². The molecule has 0 spiro atoms. The molecule has 0 unspecified atom stereocenters. The van der Waals surface area contributed by atoms with E-state index >= 15 is 0 Å². The third kappa shape index (κ3) is 8.37. The molecule has 0 radical (unpaired) electrons. The van der Waals surface area contributed by atoms with Crippen LogP contribution in [0, 0.1) is 0 Å². The SMILES string of the molecule is C(=Cc1ccc2c(c1)CCCC2)c1ccc(N(c2ccc(C=Cc3ccc4c(c3)CCCC4)cc2)c2ccc(C=Cc3ccc4c(c3)CCCC4)cc2)cc1. The van der Waals surface area contributed by atoms with Gasteiger partial charge in [0.15, 0.2) is 0 Å². The lowest BCUT2D eigenvalue weighted by Crippen LogP contribution is -2.09. The van der Waals surface area contributed by atoms with Gasteiger partial charge in [-0.25, -0.2) is 0 Å². The lowest BCUT2D eigenvalue weighted by Gasteiger charge is -2.26. The van der Waals surface area contributed by atoms with E-state index in [-0.39, 0.29) is 0 Å². The zero-order valence-corrected chi connectivity index (χ0v) is 32.0. The van der Waals surface area contributed by atoms with E-state index in [1.54, 1.807) is 0 Å². The average Bonchev–Trinajstić information content (AvgIpc) is 3.25.